The highest BCUT2D eigenvalue weighted by Crippen LogP contribution is 2.27. The maximum absolute atomic E-state index is 12.2. The SMILES string of the molecule is O=C(O)C1Cc2nc[nH]c2CN1C(=O)CNCC1CC1. The Bertz CT molecular complexity index is 523. The van der Waals surface area contributed by atoms with Gasteiger partial charge in [0.25, 0.3) is 0 Å². The summed E-state index contributed by atoms with van der Waals surface area (Å²) < 4.78 is 0. The van der Waals surface area contributed by atoms with Crippen molar-refractivity contribution in [3.8, 4) is 0 Å². The largest absolute Gasteiger partial charge is 0.480 e. The molecular formula is C13H18N4O3. The number of imidazole rings is 1. The fraction of sp³-hybridized carbons (Fsp3) is 0.615. The number of amides is 1. The third-order valence-electron chi connectivity index (χ3n) is 3.91. The van der Waals surface area contributed by atoms with E-state index in [0.29, 0.717) is 5.92 Å². The lowest BCUT2D eigenvalue weighted by molar-refractivity contribution is -0.151. The minimum absolute atomic E-state index is 0.168. The number of nitrogens with one attached hydrogen (secondary N) is 2. The van der Waals surface area contributed by atoms with Gasteiger partial charge in [-0.1, -0.05) is 0 Å². The first-order valence-electron chi connectivity index (χ1n) is 6.89. The second kappa shape index (κ2) is 5.24. The number of hydrogen-bond acceptors (Lipinski definition) is 4. The number of nitrogens with zero attached hydrogens (tertiary/aromatic N) is 2. The van der Waals surface area contributed by atoms with E-state index in [-0.39, 0.29) is 25.4 Å². The highest BCUT2D eigenvalue weighted by Gasteiger charge is 2.35. The maximum Gasteiger partial charge on any atom is 0.326 e. The van der Waals surface area contributed by atoms with E-state index < -0.39 is 12.0 Å². The van der Waals surface area contributed by atoms with Crippen LogP contribution < -0.4 is 5.32 Å². The predicted octanol–water partition coefficient (Wildman–Crippen LogP) is -0.253. The Hall–Kier alpha value is -1.89. The molecule has 3 rings (SSSR count). The van der Waals surface area contributed by atoms with Crippen molar-refractivity contribution in [1.82, 2.24) is 20.2 Å². The molecule has 0 bridgehead atoms. The van der Waals surface area contributed by atoms with E-state index in [1.165, 1.54) is 17.7 Å². The zero-order valence-electron chi connectivity index (χ0n) is 11.1. The third kappa shape index (κ3) is 2.67. The van der Waals surface area contributed by atoms with E-state index in [2.05, 4.69) is 15.3 Å². The molecular weight excluding hydrogens is 260 g/mol. The standard InChI is InChI=1S/C13H18N4O3/c18-12(5-14-4-8-1-2-8)17-6-10-9(15-7-16-10)3-11(17)13(19)20/h7-8,11,14H,1-6H2,(H,15,16)(H,19,20). The molecule has 1 amide bonds. The van der Waals surface area contributed by atoms with E-state index in [9.17, 15) is 14.7 Å². The van der Waals surface area contributed by atoms with Crippen molar-refractivity contribution in [3.05, 3.63) is 17.7 Å². The molecule has 3 N–H and O–H groups in total. The van der Waals surface area contributed by atoms with E-state index in [0.717, 1.165) is 17.9 Å². The molecule has 2 heterocycles. The summed E-state index contributed by atoms with van der Waals surface area (Å²) in [5, 5.41) is 12.4. The number of aromatic nitrogens is 2. The van der Waals surface area contributed by atoms with Gasteiger partial charge in [0.05, 0.1) is 30.8 Å². The van der Waals surface area contributed by atoms with Crippen molar-refractivity contribution in [3.63, 3.8) is 0 Å². The second-order valence-electron chi connectivity index (χ2n) is 5.48. The number of H-pyrrole nitrogens is 1. The van der Waals surface area contributed by atoms with Crippen molar-refractivity contribution < 1.29 is 14.7 Å². The van der Waals surface area contributed by atoms with Crippen molar-refractivity contribution in [2.75, 3.05) is 13.1 Å². The summed E-state index contributed by atoms with van der Waals surface area (Å²) in [7, 11) is 0. The third-order valence-corrected chi connectivity index (χ3v) is 3.91. The van der Waals surface area contributed by atoms with Crippen LogP contribution in [0.25, 0.3) is 0 Å². The molecule has 1 saturated carbocycles. The summed E-state index contributed by atoms with van der Waals surface area (Å²) in [4.78, 5) is 32.0. The van der Waals surface area contributed by atoms with Crippen molar-refractivity contribution >= 4 is 11.9 Å². The number of aliphatic carboxylic acids is 1. The quantitative estimate of drug-likeness (QED) is 0.689. The van der Waals surface area contributed by atoms with Crippen LogP contribution in [0.2, 0.25) is 0 Å². The van der Waals surface area contributed by atoms with Gasteiger partial charge in [-0.3, -0.25) is 4.79 Å². The fourth-order valence-electron chi connectivity index (χ4n) is 2.53. The van der Waals surface area contributed by atoms with Crippen LogP contribution >= 0.6 is 0 Å². The van der Waals surface area contributed by atoms with E-state index >= 15 is 0 Å². The van der Waals surface area contributed by atoms with Crippen LogP contribution in [0, 0.1) is 5.92 Å². The summed E-state index contributed by atoms with van der Waals surface area (Å²) in [6.07, 6.45) is 4.26. The van der Waals surface area contributed by atoms with Gasteiger partial charge in [0.15, 0.2) is 0 Å². The smallest absolute Gasteiger partial charge is 0.326 e. The van der Waals surface area contributed by atoms with E-state index in [1.54, 1.807) is 6.33 Å². The lowest BCUT2D eigenvalue weighted by atomic mass is 10.0. The minimum Gasteiger partial charge on any atom is -0.480 e. The van der Waals surface area contributed by atoms with Crippen molar-refractivity contribution in [2.45, 2.75) is 31.8 Å². The molecule has 7 nitrogen and oxygen atoms in total. The molecule has 1 aromatic heterocycles. The molecule has 0 aromatic carbocycles. The molecule has 1 unspecified atom stereocenters. The molecule has 108 valence electrons. The normalized spacial score (nSPS) is 21.6. The molecule has 1 fully saturated rings. The van der Waals surface area contributed by atoms with Gasteiger partial charge in [-0.05, 0) is 25.3 Å². The molecule has 1 aliphatic heterocycles. The molecule has 0 spiro atoms. The summed E-state index contributed by atoms with van der Waals surface area (Å²) in [6.45, 7) is 1.33. The number of carbonyl (C=O) groups is 2. The lowest BCUT2D eigenvalue weighted by Gasteiger charge is -2.32. The Morgan fingerprint density at radius 3 is 3.00 bits per heavy atom. The number of carbonyl (C=O) groups excluding carboxylic acids is 1. The molecule has 1 aromatic rings. The molecule has 0 radical (unpaired) electrons. The number of aromatic amines is 1. The summed E-state index contributed by atoms with van der Waals surface area (Å²) >= 11 is 0. The molecule has 7 heteroatoms. The van der Waals surface area contributed by atoms with Crippen LogP contribution in [-0.4, -0.2) is 51.0 Å². The van der Waals surface area contributed by atoms with Gasteiger partial charge in [-0.25, -0.2) is 9.78 Å². The van der Waals surface area contributed by atoms with Gasteiger partial charge in [0.1, 0.15) is 6.04 Å². The highest BCUT2D eigenvalue weighted by atomic mass is 16.4. The first-order chi connectivity index (χ1) is 9.65. The van der Waals surface area contributed by atoms with Crippen LogP contribution in [0.1, 0.15) is 24.2 Å². The monoisotopic (exact) mass is 278 g/mol. The lowest BCUT2D eigenvalue weighted by Crippen LogP contribution is -2.51. The number of carboxylic acids is 1. The van der Waals surface area contributed by atoms with Gasteiger partial charge >= 0.3 is 5.97 Å². The van der Waals surface area contributed by atoms with Crippen molar-refractivity contribution in [2.24, 2.45) is 5.92 Å². The van der Waals surface area contributed by atoms with Crippen LogP contribution in [0.15, 0.2) is 6.33 Å². The molecule has 20 heavy (non-hydrogen) atoms. The maximum atomic E-state index is 12.2. The van der Waals surface area contributed by atoms with Gasteiger partial charge in [-0.2, -0.15) is 0 Å². The Morgan fingerprint density at radius 2 is 2.30 bits per heavy atom. The highest BCUT2D eigenvalue weighted by molar-refractivity contribution is 5.85. The number of hydrogen-bond donors (Lipinski definition) is 3. The van der Waals surface area contributed by atoms with Gasteiger partial charge < -0.3 is 20.3 Å². The zero-order chi connectivity index (χ0) is 14.1. The molecule has 2 aliphatic rings. The van der Waals surface area contributed by atoms with E-state index in [1.807, 2.05) is 0 Å². The number of carboxylic acid groups (broad SMARTS) is 1. The van der Waals surface area contributed by atoms with Gasteiger partial charge in [0, 0.05) is 6.42 Å². The van der Waals surface area contributed by atoms with Crippen LogP contribution in [0.3, 0.4) is 0 Å². The first kappa shape index (κ1) is 13.1. The Labute approximate surface area is 116 Å². The summed E-state index contributed by atoms with van der Waals surface area (Å²) in [5.41, 5.74) is 1.57. The molecule has 1 atom stereocenters. The average Bonchev–Trinajstić information content (AvgIpc) is 3.13. The topological polar surface area (TPSA) is 98.3 Å². The minimum atomic E-state index is -0.978. The fourth-order valence-corrected chi connectivity index (χ4v) is 2.53. The summed E-state index contributed by atoms with van der Waals surface area (Å²) in [6, 6.07) is -0.818. The number of fused-ring (bicyclic) bond motifs is 1. The van der Waals surface area contributed by atoms with Gasteiger partial charge in [-0.15, -0.1) is 0 Å². The van der Waals surface area contributed by atoms with Crippen molar-refractivity contribution in [1.29, 1.82) is 0 Å². The Kier molecular flexibility index (Phi) is 3.43. The van der Waals surface area contributed by atoms with Crippen LogP contribution in [0.5, 0.6) is 0 Å². The number of rotatable bonds is 5. The molecule has 1 aliphatic carbocycles. The average molecular weight is 278 g/mol. The van der Waals surface area contributed by atoms with Crippen LogP contribution in [-0.2, 0) is 22.6 Å². The Morgan fingerprint density at radius 1 is 1.50 bits per heavy atom. The van der Waals surface area contributed by atoms with Crippen LogP contribution in [0.4, 0.5) is 0 Å². The molecule has 0 saturated heterocycles. The second-order valence-corrected chi connectivity index (χ2v) is 5.48. The van der Waals surface area contributed by atoms with Gasteiger partial charge in [0.2, 0.25) is 5.91 Å². The first-order valence-corrected chi connectivity index (χ1v) is 6.89. The van der Waals surface area contributed by atoms with E-state index in [4.69, 9.17) is 0 Å². The summed E-state index contributed by atoms with van der Waals surface area (Å²) in [5.74, 6) is -0.453. The zero-order valence-corrected chi connectivity index (χ0v) is 11.1. The predicted molar refractivity (Wildman–Crippen MR) is 69.9 cm³/mol. The Balaban J connectivity index is 1.65.